The Labute approximate surface area is 176 Å². The SMILES string of the molecule is CCc1cccc2c1[nH]c1cc(NC(=O)CCCOc3ccc(OC)cc3)ccc12. The largest absolute Gasteiger partial charge is 0.497 e. The van der Waals surface area contributed by atoms with E-state index in [1.54, 1.807) is 7.11 Å². The van der Waals surface area contributed by atoms with E-state index in [1.165, 1.54) is 21.9 Å². The zero-order valence-electron chi connectivity index (χ0n) is 17.3. The van der Waals surface area contributed by atoms with E-state index in [2.05, 4.69) is 41.5 Å². The molecule has 0 spiro atoms. The molecule has 1 heterocycles. The van der Waals surface area contributed by atoms with Gasteiger partial charge in [0.05, 0.1) is 13.7 Å². The molecule has 0 radical (unpaired) electrons. The molecule has 154 valence electrons. The molecule has 0 bridgehead atoms. The van der Waals surface area contributed by atoms with E-state index in [-0.39, 0.29) is 5.91 Å². The van der Waals surface area contributed by atoms with E-state index in [0.717, 1.165) is 29.1 Å². The van der Waals surface area contributed by atoms with Crippen LogP contribution in [0.4, 0.5) is 5.69 Å². The summed E-state index contributed by atoms with van der Waals surface area (Å²) in [4.78, 5) is 15.8. The maximum Gasteiger partial charge on any atom is 0.224 e. The van der Waals surface area contributed by atoms with E-state index in [4.69, 9.17) is 9.47 Å². The Balaban J connectivity index is 1.34. The number of benzene rings is 3. The second-order valence-corrected chi connectivity index (χ2v) is 7.25. The van der Waals surface area contributed by atoms with Crippen LogP contribution in [0, 0.1) is 0 Å². The molecular formula is C25H26N2O3. The lowest BCUT2D eigenvalue weighted by molar-refractivity contribution is -0.116. The summed E-state index contributed by atoms with van der Waals surface area (Å²) < 4.78 is 10.8. The number of fused-ring (bicyclic) bond motifs is 3. The van der Waals surface area contributed by atoms with Gasteiger partial charge in [0.1, 0.15) is 11.5 Å². The third kappa shape index (κ3) is 4.25. The molecule has 0 atom stereocenters. The van der Waals surface area contributed by atoms with Gasteiger partial charge in [-0.15, -0.1) is 0 Å². The molecule has 4 aromatic rings. The smallest absolute Gasteiger partial charge is 0.224 e. The van der Waals surface area contributed by atoms with Crippen molar-refractivity contribution in [3.63, 3.8) is 0 Å². The van der Waals surface area contributed by atoms with Gasteiger partial charge in [0.15, 0.2) is 0 Å². The molecule has 1 aromatic heterocycles. The highest BCUT2D eigenvalue weighted by Crippen LogP contribution is 2.29. The highest BCUT2D eigenvalue weighted by molar-refractivity contribution is 6.09. The first-order valence-electron chi connectivity index (χ1n) is 10.3. The highest BCUT2D eigenvalue weighted by Gasteiger charge is 2.09. The van der Waals surface area contributed by atoms with Gasteiger partial charge in [0.25, 0.3) is 0 Å². The number of methoxy groups -OCH3 is 1. The molecule has 4 rings (SSSR count). The predicted molar refractivity (Wildman–Crippen MR) is 122 cm³/mol. The third-order valence-corrected chi connectivity index (χ3v) is 5.26. The Hall–Kier alpha value is -3.47. The normalized spacial score (nSPS) is 11.0. The van der Waals surface area contributed by atoms with Crippen molar-refractivity contribution in [2.24, 2.45) is 0 Å². The number of carbonyl (C=O) groups excluding carboxylic acids is 1. The average molecular weight is 402 g/mol. The number of aryl methyl sites for hydroxylation is 1. The van der Waals surface area contributed by atoms with Gasteiger partial charge >= 0.3 is 0 Å². The molecule has 0 aliphatic rings. The predicted octanol–water partition coefficient (Wildman–Crippen LogP) is 5.69. The lowest BCUT2D eigenvalue weighted by atomic mass is 10.1. The number of nitrogens with one attached hydrogen (secondary N) is 2. The van der Waals surface area contributed by atoms with E-state index in [0.29, 0.717) is 19.4 Å². The fourth-order valence-corrected chi connectivity index (χ4v) is 3.68. The fourth-order valence-electron chi connectivity index (χ4n) is 3.68. The third-order valence-electron chi connectivity index (χ3n) is 5.26. The molecule has 5 heteroatoms. The quantitative estimate of drug-likeness (QED) is 0.372. The molecule has 0 unspecified atom stereocenters. The zero-order valence-corrected chi connectivity index (χ0v) is 17.3. The van der Waals surface area contributed by atoms with Crippen LogP contribution < -0.4 is 14.8 Å². The molecule has 1 amide bonds. The minimum absolute atomic E-state index is 0.0157. The number of carbonyl (C=O) groups is 1. The molecular weight excluding hydrogens is 376 g/mol. The summed E-state index contributed by atoms with van der Waals surface area (Å²) in [6.07, 6.45) is 2.03. The Morgan fingerprint density at radius 1 is 1.00 bits per heavy atom. The number of anilines is 1. The monoisotopic (exact) mass is 402 g/mol. The number of hydrogen-bond acceptors (Lipinski definition) is 3. The number of ether oxygens (including phenoxy) is 2. The van der Waals surface area contributed by atoms with Gasteiger partial charge in [-0.25, -0.2) is 0 Å². The van der Waals surface area contributed by atoms with Crippen molar-refractivity contribution in [2.75, 3.05) is 19.0 Å². The Bertz CT molecular complexity index is 1160. The first kappa shape index (κ1) is 19.8. The van der Waals surface area contributed by atoms with Crippen LogP contribution in [0.5, 0.6) is 11.5 Å². The minimum atomic E-state index is -0.0157. The molecule has 2 N–H and O–H groups in total. The zero-order chi connectivity index (χ0) is 20.9. The minimum Gasteiger partial charge on any atom is -0.497 e. The highest BCUT2D eigenvalue weighted by atomic mass is 16.5. The number of para-hydroxylation sites is 1. The van der Waals surface area contributed by atoms with Crippen LogP contribution in [0.25, 0.3) is 21.8 Å². The standard InChI is InChI=1S/C25H26N2O3/c1-3-17-6-4-7-22-21-14-9-18(16-23(21)27-25(17)22)26-24(28)8-5-15-30-20-12-10-19(29-2)11-13-20/h4,6-7,9-14,16,27H,3,5,8,15H2,1-2H3,(H,26,28). The van der Waals surface area contributed by atoms with E-state index in [9.17, 15) is 4.79 Å². The number of aromatic nitrogens is 1. The van der Waals surface area contributed by atoms with Gasteiger partial charge in [-0.2, -0.15) is 0 Å². The lowest BCUT2D eigenvalue weighted by Gasteiger charge is -2.08. The van der Waals surface area contributed by atoms with Gasteiger partial charge < -0.3 is 19.8 Å². The van der Waals surface area contributed by atoms with Crippen molar-refractivity contribution in [2.45, 2.75) is 26.2 Å². The maximum atomic E-state index is 12.3. The number of aromatic amines is 1. The van der Waals surface area contributed by atoms with Crippen LogP contribution >= 0.6 is 0 Å². The molecule has 0 aliphatic carbocycles. The van der Waals surface area contributed by atoms with E-state index in [1.807, 2.05) is 36.4 Å². The van der Waals surface area contributed by atoms with E-state index >= 15 is 0 Å². The summed E-state index contributed by atoms with van der Waals surface area (Å²) in [7, 11) is 1.63. The molecule has 0 aliphatic heterocycles. The summed E-state index contributed by atoms with van der Waals surface area (Å²) in [6, 6.07) is 19.8. The van der Waals surface area contributed by atoms with Crippen LogP contribution in [0.1, 0.15) is 25.3 Å². The fraction of sp³-hybridized carbons (Fsp3) is 0.240. The van der Waals surface area contributed by atoms with Crippen molar-refractivity contribution in [1.29, 1.82) is 0 Å². The van der Waals surface area contributed by atoms with Gasteiger partial charge in [-0.1, -0.05) is 31.2 Å². The van der Waals surface area contributed by atoms with Gasteiger partial charge in [0, 0.05) is 33.9 Å². The molecule has 5 nitrogen and oxygen atoms in total. The topological polar surface area (TPSA) is 63.4 Å². The number of H-pyrrole nitrogens is 1. The van der Waals surface area contributed by atoms with Crippen molar-refractivity contribution in [1.82, 2.24) is 4.98 Å². The van der Waals surface area contributed by atoms with Crippen molar-refractivity contribution in [3.8, 4) is 11.5 Å². The summed E-state index contributed by atoms with van der Waals surface area (Å²) in [5.74, 6) is 1.55. The van der Waals surface area contributed by atoms with Crippen LogP contribution in [0.15, 0.2) is 60.7 Å². The van der Waals surface area contributed by atoms with Crippen molar-refractivity contribution in [3.05, 3.63) is 66.2 Å². The molecule has 0 fully saturated rings. The molecule has 0 saturated carbocycles. The van der Waals surface area contributed by atoms with Crippen molar-refractivity contribution >= 4 is 33.4 Å². The van der Waals surface area contributed by atoms with Crippen LogP contribution in [-0.4, -0.2) is 24.6 Å². The second-order valence-electron chi connectivity index (χ2n) is 7.25. The molecule has 30 heavy (non-hydrogen) atoms. The lowest BCUT2D eigenvalue weighted by Crippen LogP contribution is -2.12. The van der Waals surface area contributed by atoms with Gasteiger partial charge in [-0.05, 0) is 54.8 Å². The summed E-state index contributed by atoms with van der Waals surface area (Å²) in [5, 5.41) is 5.38. The maximum absolute atomic E-state index is 12.3. The van der Waals surface area contributed by atoms with Gasteiger partial charge in [-0.3, -0.25) is 4.79 Å². The second kappa shape index (κ2) is 8.91. The summed E-state index contributed by atoms with van der Waals surface area (Å²) >= 11 is 0. The van der Waals surface area contributed by atoms with Crippen LogP contribution in [-0.2, 0) is 11.2 Å². The number of hydrogen-bond donors (Lipinski definition) is 2. The van der Waals surface area contributed by atoms with Crippen molar-refractivity contribution < 1.29 is 14.3 Å². The Kier molecular flexibility index (Phi) is 5.89. The van der Waals surface area contributed by atoms with Crippen LogP contribution in [0.2, 0.25) is 0 Å². The van der Waals surface area contributed by atoms with Crippen LogP contribution in [0.3, 0.4) is 0 Å². The number of amides is 1. The summed E-state index contributed by atoms with van der Waals surface area (Å²) in [6.45, 7) is 2.64. The molecule has 0 saturated heterocycles. The van der Waals surface area contributed by atoms with Gasteiger partial charge in [0.2, 0.25) is 5.91 Å². The molecule has 3 aromatic carbocycles. The number of rotatable bonds is 8. The summed E-state index contributed by atoms with van der Waals surface area (Å²) in [5.41, 5.74) is 4.31. The Morgan fingerprint density at radius 2 is 1.80 bits per heavy atom. The first-order valence-corrected chi connectivity index (χ1v) is 10.3. The van der Waals surface area contributed by atoms with E-state index < -0.39 is 0 Å². The first-order chi connectivity index (χ1) is 14.7. The Morgan fingerprint density at radius 3 is 2.57 bits per heavy atom. The average Bonchev–Trinajstić information content (AvgIpc) is 3.15.